The highest BCUT2D eigenvalue weighted by molar-refractivity contribution is 5.77. The van der Waals surface area contributed by atoms with Gasteiger partial charge in [0.05, 0.1) is 5.56 Å². The van der Waals surface area contributed by atoms with Gasteiger partial charge in [-0.3, -0.25) is 9.78 Å². The highest BCUT2D eigenvalue weighted by Gasteiger charge is 2.27. The van der Waals surface area contributed by atoms with Crippen LogP contribution in [0.15, 0.2) is 40.9 Å². The van der Waals surface area contributed by atoms with Crippen LogP contribution >= 0.6 is 0 Å². The Balaban J connectivity index is 1.20. The number of ether oxygens (including phenoxy) is 1. The average molecular weight is 442 g/mol. The normalized spacial score (nSPS) is 18.3. The lowest BCUT2D eigenvalue weighted by Gasteiger charge is -2.26. The number of hydrogen-bond donors (Lipinski definition) is 1. The van der Waals surface area contributed by atoms with E-state index in [4.69, 9.17) is 9.15 Å². The van der Waals surface area contributed by atoms with Crippen molar-refractivity contribution in [2.24, 2.45) is 5.92 Å². The molecule has 1 aliphatic carbocycles. The quantitative estimate of drug-likeness (QED) is 0.590. The molecule has 0 unspecified atom stereocenters. The Morgan fingerprint density at radius 3 is 2.69 bits per heavy atom. The molecule has 0 spiro atoms. The van der Waals surface area contributed by atoms with Gasteiger partial charge in [0.25, 0.3) is 5.91 Å². The summed E-state index contributed by atoms with van der Waals surface area (Å²) in [5.74, 6) is -0.380. The summed E-state index contributed by atoms with van der Waals surface area (Å²) in [6, 6.07) is 6.78. The molecule has 4 rings (SSSR count). The smallest absolute Gasteiger partial charge is 0.257 e. The van der Waals surface area contributed by atoms with Crippen LogP contribution in [0, 0.1) is 24.5 Å². The summed E-state index contributed by atoms with van der Waals surface area (Å²) in [5.41, 5.74) is 1.72. The highest BCUT2D eigenvalue weighted by Crippen LogP contribution is 2.35. The molecule has 0 aliphatic heterocycles. The van der Waals surface area contributed by atoms with Crippen LogP contribution in [0.5, 0.6) is 5.75 Å². The summed E-state index contributed by atoms with van der Waals surface area (Å²) < 4.78 is 37.5. The van der Waals surface area contributed by atoms with Crippen LogP contribution in [0.3, 0.4) is 0 Å². The predicted octanol–water partition coefficient (Wildman–Crippen LogP) is 4.19. The number of rotatable bonds is 7. The molecule has 1 aromatic carbocycles. The summed E-state index contributed by atoms with van der Waals surface area (Å²) in [4.78, 5) is 16.3. The molecule has 0 atom stereocenters. The maximum atomic E-state index is 13.6. The number of aryl methyl sites for hydroxylation is 1. The summed E-state index contributed by atoms with van der Waals surface area (Å²) in [6.07, 6.45) is 5.35. The zero-order valence-electron chi connectivity index (χ0n) is 17.7. The zero-order valence-corrected chi connectivity index (χ0v) is 17.7. The number of hydrogen-bond acceptors (Lipinski definition) is 6. The SMILES string of the molecule is Cc1ccc(-c2nnc(C3CCC(CNC(=O)COc4ccc(F)cc4F)CC3)o2)cn1. The largest absolute Gasteiger partial charge is 0.481 e. The van der Waals surface area contributed by atoms with E-state index >= 15 is 0 Å². The van der Waals surface area contributed by atoms with Crippen LogP contribution in [-0.2, 0) is 4.79 Å². The number of aromatic nitrogens is 3. The van der Waals surface area contributed by atoms with Gasteiger partial charge in [0.15, 0.2) is 18.2 Å². The van der Waals surface area contributed by atoms with E-state index in [0.717, 1.165) is 55.1 Å². The van der Waals surface area contributed by atoms with E-state index in [-0.39, 0.29) is 24.2 Å². The lowest BCUT2D eigenvalue weighted by Crippen LogP contribution is -2.34. The average Bonchev–Trinajstić information content (AvgIpc) is 3.28. The summed E-state index contributed by atoms with van der Waals surface area (Å²) in [6.45, 7) is 2.11. The van der Waals surface area contributed by atoms with Crippen LogP contribution in [0.2, 0.25) is 0 Å². The van der Waals surface area contributed by atoms with Crippen molar-refractivity contribution in [2.45, 2.75) is 38.5 Å². The maximum absolute atomic E-state index is 13.6. The number of halogens is 2. The van der Waals surface area contributed by atoms with Crippen molar-refractivity contribution >= 4 is 5.91 Å². The van der Waals surface area contributed by atoms with E-state index in [1.54, 1.807) is 6.20 Å². The Morgan fingerprint density at radius 1 is 1.16 bits per heavy atom. The van der Waals surface area contributed by atoms with Gasteiger partial charge >= 0.3 is 0 Å². The molecule has 0 bridgehead atoms. The minimum absolute atomic E-state index is 0.151. The molecule has 7 nitrogen and oxygen atoms in total. The topological polar surface area (TPSA) is 90.1 Å². The molecule has 9 heteroatoms. The van der Waals surface area contributed by atoms with Gasteiger partial charge in [-0.05, 0) is 62.8 Å². The van der Waals surface area contributed by atoms with Crippen molar-refractivity contribution in [3.8, 4) is 17.2 Å². The van der Waals surface area contributed by atoms with Gasteiger partial charge in [0.1, 0.15) is 5.82 Å². The van der Waals surface area contributed by atoms with Crippen molar-refractivity contribution in [3.63, 3.8) is 0 Å². The van der Waals surface area contributed by atoms with E-state index in [9.17, 15) is 13.6 Å². The Labute approximate surface area is 184 Å². The van der Waals surface area contributed by atoms with Gasteiger partial charge in [-0.1, -0.05) is 0 Å². The summed E-state index contributed by atoms with van der Waals surface area (Å²) >= 11 is 0. The Morgan fingerprint density at radius 2 is 1.97 bits per heavy atom. The Bertz CT molecular complexity index is 1060. The molecule has 1 saturated carbocycles. The van der Waals surface area contributed by atoms with Gasteiger partial charge in [-0.2, -0.15) is 0 Å². The third-order valence-electron chi connectivity index (χ3n) is 5.64. The molecule has 2 heterocycles. The first-order valence-electron chi connectivity index (χ1n) is 10.6. The molecule has 32 heavy (non-hydrogen) atoms. The maximum Gasteiger partial charge on any atom is 0.257 e. The highest BCUT2D eigenvalue weighted by atomic mass is 19.1. The predicted molar refractivity (Wildman–Crippen MR) is 112 cm³/mol. The van der Waals surface area contributed by atoms with Crippen LogP contribution in [0.25, 0.3) is 11.5 Å². The molecule has 1 N–H and O–H groups in total. The van der Waals surface area contributed by atoms with Gasteiger partial charge < -0.3 is 14.5 Å². The number of nitrogens with zero attached hydrogens (tertiary/aromatic N) is 3. The minimum atomic E-state index is -0.834. The lowest BCUT2D eigenvalue weighted by atomic mass is 9.82. The Kier molecular flexibility index (Phi) is 6.72. The fourth-order valence-corrected chi connectivity index (χ4v) is 3.77. The molecular weight excluding hydrogens is 418 g/mol. The van der Waals surface area contributed by atoms with Gasteiger partial charge in [-0.25, -0.2) is 8.78 Å². The van der Waals surface area contributed by atoms with Gasteiger partial charge in [-0.15, -0.1) is 10.2 Å². The fraction of sp³-hybridized carbons (Fsp3) is 0.391. The fourth-order valence-electron chi connectivity index (χ4n) is 3.77. The molecule has 3 aromatic rings. The van der Waals surface area contributed by atoms with Crippen LogP contribution in [0.4, 0.5) is 8.78 Å². The number of pyridine rings is 1. The number of amides is 1. The molecular formula is C23H24F2N4O3. The molecule has 1 fully saturated rings. The standard InChI is InChI=1S/C23H24F2N4O3/c1-14-2-5-17(12-26-14)23-29-28-22(32-23)16-6-3-15(4-7-16)11-27-21(30)13-31-20-9-8-18(24)10-19(20)25/h2,5,8-10,12,15-16H,3-4,6-7,11,13H2,1H3,(H,27,30). The second-order valence-electron chi connectivity index (χ2n) is 8.02. The van der Waals surface area contributed by atoms with E-state index < -0.39 is 11.6 Å². The third kappa shape index (κ3) is 5.46. The lowest BCUT2D eigenvalue weighted by molar-refractivity contribution is -0.123. The van der Waals surface area contributed by atoms with E-state index in [1.807, 2.05) is 19.1 Å². The number of benzene rings is 1. The van der Waals surface area contributed by atoms with Crippen molar-refractivity contribution in [2.75, 3.05) is 13.2 Å². The Hall–Kier alpha value is -3.36. The van der Waals surface area contributed by atoms with Gasteiger partial charge in [0, 0.05) is 30.4 Å². The summed E-state index contributed by atoms with van der Waals surface area (Å²) in [5, 5.41) is 11.2. The number of carbonyl (C=O) groups is 1. The van der Waals surface area contributed by atoms with Crippen LogP contribution < -0.4 is 10.1 Å². The minimum Gasteiger partial charge on any atom is -0.481 e. The van der Waals surface area contributed by atoms with Crippen molar-refractivity contribution in [1.82, 2.24) is 20.5 Å². The third-order valence-corrected chi connectivity index (χ3v) is 5.64. The second-order valence-corrected chi connectivity index (χ2v) is 8.02. The van der Waals surface area contributed by atoms with E-state index in [1.165, 1.54) is 0 Å². The first-order valence-corrected chi connectivity index (χ1v) is 10.6. The molecule has 0 saturated heterocycles. The van der Waals surface area contributed by atoms with E-state index in [0.29, 0.717) is 24.2 Å². The van der Waals surface area contributed by atoms with Crippen molar-refractivity contribution < 1.29 is 22.7 Å². The first kappa shape index (κ1) is 21.9. The molecule has 168 valence electrons. The first-order chi connectivity index (χ1) is 15.5. The van der Waals surface area contributed by atoms with Gasteiger partial charge in [0.2, 0.25) is 11.8 Å². The van der Waals surface area contributed by atoms with Crippen molar-refractivity contribution in [3.05, 3.63) is 59.7 Å². The van der Waals surface area contributed by atoms with Crippen LogP contribution in [0.1, 0.15) is 43.2 Å². The van der Waals surface area contributed by atoms with E-state index in [2.05, 4.69) is 20.5 Å². The summed E-state index contributed by atoms with van der Waals surface area (Å²) in [7, 11) is 0. The molecule has 1 amide bonds. The monoisotopic (exact) mass is 442 g/mol. The van der Waals surface area contributed by atoms with Crippen LogP contribution in [-0.4, -0.2) is 34.2 Å². The number of nitrogens with one attached hydrogen (secondary N) is 1. The second kappa shape index (κ2) is 9.84. The molecule has 2 aromatic heterocycles. The van der Waals surface area contributed by atoms with Crippen molar-refractivity contribution in [1.29, 1.82) is 0 Å². The molecule has 1 aliphatic rings. The number of carbonyl (C=O) groups excluding carboxylic acids is 1. The molecule has 0 radical (unpaired) electrons. The zero-order chi connectivity index (χ0) is 22.5.